The second-order valence-corrected chi connectivity index (χ2v) is 8.12. The molecule has 0 bridgehead atoms. The zero-order valence-electron chi connectivity index (χ0n) is 18.7. The molecule has 166 valence electrons. The molecule has 1 aliphatic rings. The fourth-order valence-corrected chi connectivity index (χ4v) is 4.31. The van der Waals surface area contributed by atoms with Crippen molar-refractivity contribution < 1.29 is 14.3 Å². The summed E-state index contributed by atoms with van der Waals surface area (Å²) in [6, 6.07) is 24.3. The van der Waals surface area contributed by atoms with Crippen molar-refractivity contribution in [2.24, 2.45) is 0 Å². The van der Waals surface area contributed by atoms with Crippen molar-refractivity contribution in [2.45, 2.75) is 25.4 Å². The Kier molecular flexibility index (Phi) is 7.07. The topological polar surface area (TPSA) is 50.8 Å². The summed E-state index contributed by atoms with van der Waals surface area (Å²) in [5.74, 6) is 1.43. The van der Waals surface area contributed by atoms with E-state index in [-0.39, 0.29) is 11.9 Å². The first-order valence-electron chi connectivity index (χ1n) is 11.1. The number of rotatable bonds is 7. The molecule has 0 aliphatic carbocycles. The van der Waals surface area contributed by atoms with Crippen molar-refractivity contribution in [3.63, 3.8) is 0 Å². The van der Waals surface area contributed by atoms with E-state index in [0.717, 1.165) is 43.8 Å². The van der Waals surface area contributed by atoms with Gasteiger partial charge in [0.25, 0.3) is 5.91 Å². The van der Waals surface area contributed by atoms with Crippen LogP contribution in [0.4, 0.5) is 0 Å². The number of nitrogens with one attached hydrogen (secondary N) is 1. The van der Waals surface area contributed by atoms with E-state index in [9.17, 15) is 4.79 Å². The average molecular weight is 431 g/mol. The van der Waals surface area contributed by atoms with E-state index in [1.54, 1.807) is 20.3 Å². The van der Waals surface area contributed by atoms with Crippen LogP contribution in [-0.4, -0.2) is 44.2 Å². The Morgan fingerprint density at radius 1 is 0.906 bits per heavy atom. The van der Waals surface area contributed by atoms with Gasteiger partial charge in [-0.3, -0.25) is 9.69 Å². The highest BCUT2D eigenvalue weighted by molar-refractivity contribution is 5.97. The van der Waals surface area contributed by atoms with Crippen LogP contribution in [0.1, 0.15) is 28.8 Å². The molecule has 0 spiro atoms. The van der Waals surface area contributed by atoms with E-state index < -0.39 is 0 Å². The summed E-state index contributed by atoms with van der Waals surface area (Å²) < 4.78 is 10.8. The van der Waals surface area contributed by atoms with E-state index in [4.69, 9.17) is 9.47 Å². The first kappa shape index (κ1) is 21.9. The van der Waals surface area contributed by atoms with Crippen LogP contribution >= 0.6 is 0 Å². The minimum atomic E-state index is -0.0644. The van der Waals surface area contributed by atoms with Gasteiger partial charge in [0.05, 0.1) is 19.8 Å². The number of para-hydroxylation sites is 2. The Hall–Kier alpha value is -3.31. The molecule has 1 saturated heterocycles. The highest BCUT2D eigenvalue weighted by Gasteiger charge is 2.22. The predicted octanol–water partition coefficient (Wildman–Crippen LogP) is 4.77. The van der Waals surface area contributed by atoms with Gasteiger partial charge in [0, 0.05) is 31.2 Å². The van der Waals surface area contributed by atoms with Crippen LogP contribution in [0.5, 0.6) is 11.5 Å². The molecule has 1 N–H and O–H groups in total. The number of likely N-dealkylation sites (tertiary alicyclic amines) is 1. The molecule has 0 aromatic heterocycles. The lowest BCUT2D eigenvalue weighted by Crippen LogP contribution is -2.44. The maximum atomic E-state index is 12.7. The number of hydrogen-bond acceptors (Lipinski definition) is 4. The van der Waals surface area contributed by atoms with Crippen LogP contribution in [0.15, 0.2) is 72.8 Å². The number of methoxy groups -OCH3 is 2. The van der Waals surface area contributed by atoms with E-state index >= 15 is 0 Å². The minimum Gasteiger partial charge on any atom is -0.496 e. The molecule has 0 atom stereocenters. The molecule has 5 nitrogen and oxygen atoms in total. The molecular formula is C27H30N2O3. The molecule has 0 unspecified atom stereocenters. The van der Waals surface area contributed by atoms with Crippen molar-refractivity contribution in [1.82, 2.24) is 10.2 Å². The van der Waals surface area contributed by atoms with Crippen LogP contribution in [-0.2, 0) is 6.54 Å². The fraction of sp³-hybridized carbons (Fsp3) is 0.296. The maximum absolute atomic E-state index is 12.7. The van der Waals surface area contributed by atoms with Crippen LogP contribution < -0.4 is 14.8 Å². The van der Waals surface area contributed by atoms with Gasteiger partial charge in [-0.1, -0.05) is 48.5 Å². The molecule has 0 radical (unpaired) electrons. The summed E-state index contributed by atoms with van der Waals surface area (Å²) in [6.07, 6.45) is 1.88. The second kappa shape index (κ2) is 10.3. The van der Waals surface area contributed by atoms with Gasteiger partial charge in [-0.05, 0) is 48.2 Å². The van der Waals surface area contributed by atoms with E-state index in [0.29, 0.717) is 11.3 Å². The quantitative estimate of drug-likeness (QED) is 0.587. The molecule has 5 heteroatoms. The van der Waals surface area contributed by atoms with Crippen LogP contribution in [0.2, 0.25) is 0 Å². The summed E-state index contributed by atoms with van der Waals surface area (Å²) >= 11 is 0. The van der Waals surface area contributed by atoms with Gasteiger partial charge < -0.3 is 14.8 Å². The van der Waals surface area contributed by atoms with Crippen LogP contribution in [0.25, 0.3) is 11.1 Å². The molecule has 1 aliphatic heterocycles. The summed E-state index contributed by atoms with van der Waals surface area (Å²) in [6.45, 7) is 2.81. The highest BCUT2D eigenvalue weighted by atomic mass is 16.5. The number of amides is 1. The minimum absolute atomic E-state index is 0.0644. The van der Waals surface area contributed by atoms with Crippen molar-refractivity contribution in [3.8, 4) is 22.6 Å². The van der Waals surface area contributed by atoms with Gasteiger partial charge in [0.2, 0.25) is 0 Å². The number of carbonyl (C=O) groups is 1. The van der Waals surface area contributed by atoms with Gasteiger partial charge in [-0.15, -0.1) is 0 Å². The van der Waals surface area contributed by atoms with Gasteiger partial charge in [0.15, 0.2) is 0 Å². The summed E-state index contributed by atoms with van der Waals surface area (Å²) in [7, 11) is 3.30. The summed E-state index contributed by atoms with van der Waals surface area (Å²) in [5.41, 5.74) is 4.14. The third kappa shape index (κ3) is 5.11. The van der Waals surface area contributed by atoms with Crippen molar-refractivity contribution in [3.05, 3.63) is 83.9 Å². The summed E-state index contributed by atoms with van der Waals surface area (Å²) in [4.78, 5) is 15.1. The molecule has 3 aromatic rings. The lowest BCUT2D eigenvalue weighted by molar-refractivity contribution is 0.0906. The Labute approximate surface area is 190 Å². The normalized spacial score (nSPS) is 14.7. The van der Waals surface area contributed by atoms with E-state index in [2.05, 4.69) is 40.5 Å². The number of piperidine rings is 1. The van der Waals surface area contributed by atoms with Gasteiger partial charge in [0.1, 0.15) is 11.5 Å². The first-order chi connectivity index (χ1) is 15.7. The van der Waals surface area contributed by atoms with Crippen molar-refractivity contribution in [1.29, 1.82) is 0 Å². The van der Waals surface area contributed by atoms with Crippen molar-refractivity contribution in [2.75, 3.05) is 27.3 Å². The van der Waals surface area contributed by atoms with E-state index in [1.807, 2.05) is 36.4 Å². The average Bonchev–Trinajstić information content (AvgIpc) is 2.85. The highest BCUT2D eigenvalue weighted by Crippen LogP contribution is 2.30. The number of benzene rings is 3. The molecule has 4 rings (SSSR count). The first-order valence-corrected chi connectivity index (χ1v) is 11.1. The smallest absolute Gasteiger partial charge is 0.255 e. The van der Waals surface area contributed by atoms with Gasteiger partial charge in [-0.25, -0.2) is 0 Å². The molecule has 1 heterocycles. The Balaban J connectivity index is 1.34. The number of ether oxygens (including phenoxy) is 2. The second-order valence-electron chi connectivity index (χ2n) is 8.12. The third-order valence-electron chi connectivity index (χ3n) is 6.03. The molecule has 1 fully saturated rings. The molecule has 1 amide bonds. The van der Waals surface area contributed by atoms with Crippen molar-refractivity contribution >= 4 is 5.91 Å². The standard InChI is InChI=1S/C27H30N2O3/c1-31-25-12-5-3-10-23(25)21-9-7-8-20(18-21)19-29-16-14-22(15-17-29)28-27(30)24-11-4-6-13-26(24)32-2/h3-13,18,22H,14-17,19H2,1-2H3,(H,28,30). The lowest BCUT2D eigenvalue weighted by Gasteiger charge is -2.32. The third-order valence-corrected chi connectivity index (χ3v) is 6.03. The van der Waals surface area contributed by atoms with Crippen LogP contribution in [0, 0.1) is 0 Å². The number of carbonyl (C=O) groups excluding carboxylic acids is 1. The predicted molar refractivity (Wildman–Crippen MR) is 127 cm³/mol. The lowest BCUT2D eigenvalue weighted by atomic mass is 10.0. The SMILES string of the molecule is COc1ccccc1C(=O)NC1CCN(Cc2cccc(-c3ccccc3OC)c2)CC1. The zero-order valence-corrected chi connectivity index (χ0v) is 18.7. The van der Waals surface area contributed by atoms with E-state index in [1.165, 1.54) is 11.1 Å². The Morgan fingerprint density at radius 2 is 1.59 bits per heavy atom. The number of hydrogen-bond donors (Lipinski definition) is 1. The Morgan fingerprint density at radius 3 is 2.34 bits per heavy atom. The fourth-order valence-electron chi connectivity index (χ4n) is 4.31. The van der Waals surface area contributed by atoms with Gasteiger partial charge >= 0.3 is 0 Å². The van der Waals surface area contributed by atoms with Gasteiger partial charge in [-0.2, -0.15) is 0 Å². The largest absolute Gasteiger partial charge is 0.496 e. The molecular weight excluding hydrogens is 400 g/mol. The summed E-state index contributed by atoms with van der Waals surface area (Å²) in [5, 5.41) is 3.18. The van der Waals surface area contributed by atoms with Crippen LogP contribution in [0.3, 0.4) is 0 Å². The zero-order chi connectivity index (χ0) is 22.3. The molecule has 0 saturated carbocycles. The molecule has 32 heavy (non-hydrogen) atoms. The number of nitrogens with zero attached hydrogens (tertiary/aromatic N) is 1. The monoisotopic (exact) mass is 430 g/mol. The maximum Gasteiger partial charge on any atom is 0.255 e. The Bertz CT molecular complexity index is 1060. The molecule has 3 aromatic carbocycles.